The van der Waals surface area contributed by atoms with Gasteiger partial charge in [0, 0.05) is 6.61 Å². The number of ether oxygens (including phenoxy) is 2. The van der Waals surface area contributed by atoms with Gasteiger partial charge in [0.2, 0.25) is 0 Å². The lowest BCUT2D eigenvalue weighted by atomic mass is 10.1. The van der Waals surface area contributed by atoms with Gasteiger partial charge in [-0.3, -0.25) is 0 Å². The van der Waals surface area contributed by atoms with Crippen molar-refractivity contribution in [1.82, 2.24) is 0 Å². The quantitative estimate of drug-likeness (QED) is 0.254. The molecule has 0 heterocycles. The van der Waals surface area contributed by atoms with E-state index in [9.17, 15) is 4.79 Å². The van der Waals surface area contributed by atoms with Crippen LogP contribution in [0, 0.1) is 0 Å². The van der Waals surface area contributed by atoms with Crippen molar-refractivity contribution in [2.75, 3.05) is 19.8 Å². The van der Waals surface area contributed by atoms with E-state index in [1.165, 1.54) is 50.5 Å². The molecule has 0 bridgehead atoms. The zero-order valence-electron chi connectivity index (χ0n) is 16.9. The molecule has 148 valence electrons. The van der Waals surface area contributed by atoms with Gasteiger partial charge in [-0.05, 0) is 37.0 Å². The van der Waals surface area contributed by atoms with Gasteiger partial charge in [-0.25, -0.2) is 4.79 Å². The van der Waals surface area contributed by atoms with Crippen LogP contribution in [0.5, 0.6) is 0 Å². The third kappa shape index (κ3) is 11.3. The zero-order chi connectivity index (χ0) is 18.9. The molecule has 0 radical (unpaired) electrons. The van der Waals surface area contributed by atoms with Crippen LogP contribution in [0.4, 0.5) is 0 Å². The number of esters is 1. The minimum atomic E-state index is -0.251. The highest BCUT2D eigenvalue weighted by Gasteiger charge is 2.07. The van der Waals surface area contributed by atoms with Gasteiger partial charge in [0.25, 0.3) is 0 Å². The van der Waals surface area contributed by atoms with Crippen LogP contribution in [0.1, 0.15) is 94.0 Å². The maximum Gasteiger partial charge on any atom is 0.338 e. The lowest BCUT2D eigenvalue weighted by Gasteiger charge is -2.07. The van der Waals surface area contributed by atoms with E-state index in [0.717, 1.165) is 32.3 Å². The molecule has 0 aromatic heterocycles. The number of hydrogen-bond donors (Lipinski definition) is 0. The van der Waals surface area contributed by atoms with Crippen molar-refractivity contribution in [3.8, 4) is 0 Å². The fraction of sp³-hybridized carbons (Fsp3) is 0.696. The summed E-state index contributed by atoms with van der Waals surface area (Å²) in [5.41, 5.74) is 1.84. The number of aryl methyl sites for hydroxylation is 1. The average molecular weight is 363 g/mol. The molecule has 0 unspecified atom stereocenters. The van der Waals surface area contributed by atoms with Gasteiger partial charge in [0.1, 0.15) is 6.61 Å². The van der Waals surface area contributed by atoms with Gasteiger partial charge >= 0.3 is 5.97 Å². The molecule has 0 amide bonds. The maximum absolute atomic E-state index is 12.1. The Morgan fingerprint density at radius 2 is 1.50 bits per heavy atom. The minimum Gasteiger partial charge on any atom is -0.460 e. The highest BCUT2D eigenvalue weighted by Crippen LogP contribution is 2.10. The number of benzene rings is 1. The summed E-state index contributed by atoms with van der Waals surface area (Å²) in [6.45, 7) is 6.00. The van der Waals surface area contributed by atoms with Gasteiger partial charge in [0.15, 0.2) is 0 Å². The molecule has 1 aromatic rings. The van der Waals surface area contributed by atoms with Crippen molar-refractivity contribution >= 4 is 5.97 Å². The highest BCUT2D eigenvalue weighted by molar-refractivity contribution is 5.89. The normalized spacial score (nSPS) is 10.8. The Kier molecular flexibility index (Phi) is 13.8. The van der Waals surface area contributed by atoms with Gasteiger partial charge in [-0.15, -0.1) is 0 Å². The number of hydrogen-bond acceptors (Lipinski definition) is 3. The van der Waals surface area contributed by atoms with Crippen LogP contribution >= 0.6 is 0 Å². The van der Waals surface area contributed by atoms with E-state index >= 15 is 0 Å². The van der Waals surface area contributed by atoms with E-state index < -0.39 is 0 Å². The lowest BCUT2D eigenvalue weighted by Crippen LogP contribution is -2.11. The Morgan fingerprint density at radius 3 is 2.23 bits per heavy atom. The number of carbonyl (C=O) groups is 1. The van der Waals surface area contributed by atoms with Crippen molar-refractivity contribution in [3.63, 3.8) is 0 Å². The van der Waals surface area contributed by atoms with Crippen LogP contribution in [-0.2, 0) is 15.9 Å². The largest absolute Gasteiger partial charge is 0.460 e. The first-order valence-corrected chi connectivity index (χ1v) is 10.6. The Balaban J connectivity index is 2.01. The first-order chi connectivity index (χ1) is 12.8. The molecular weight excluding hydrogens is 324 g/mol. The summed E-state index contributed by atoms with van der Waals surface area (Å²) in [5.74, 6) is -0.251. The molecule has 0 spiro atoms. The fourth-order valence-corrected chi connectivity index (χ4v) is 2.95. The van der Waals surface area contributed by atoms with Crippen LogP contribution < -0.4 is 0 Å². The maximum atomic E-state index is 12.1. The monoisotopic (exact) mass is 362 g/mol. The Hall–Kier alpha value is -1.35. The van der Waals surface area contributed by atoms with Crippen LogP contribution in [-0.4, -0.2) is 25.8 Å². The Labute approximate surface area is 160 Å². The topological polar surface area (TPSA) is 35.5 Å². The highest BCUT2D eigenvalue weighted by atomic mass is 16.6. The molecule has 26 heavy (non-hydrogen) atoms. The lowest BCUT2D eigenvalue weighted by molar-refractivity contribution is 0.0312. The zero-order valence-corrected chi connectivity index (χ0v) is 16.9. The summed E-state index contributed by atoms with van der Waals surface area (Å²) in [4.78, 5) is 12.1. The molecule has 0 saturated heterocycles. The second-order valence-corrected chi connectivity index (χ2v) is 7.03. The van der Waals surface area contributed by atoms with E-state index in [1.807, 2.05) is 18.2 Å². The van der Waals surface area contributed by atoms with Crippen molar-refractivity contribution in [2.24, 2.45) is 0 Å². The van der Waals surface area contributed by atoms with Crippen LogP contribution in [0.25, 0.3) is 0 Å². The predicted molar refractivity (Wildman–Crippen MR) is 109 cm³/mol. The molecule has 0 atom stereocenters. The van der Waals surface area contributed by atoms with Gasteiger partial charge in [-0.1, -0.05) is 77.3 Å². The molecule has 1 rings (SSSR count). The molecule has 1 aromatic carbocycles. The summed E-state index contributed by atoms with van der Waals surface area (Å²) in [5, 5.41) is 0. The van der Waals surface area contributed by atoms with E-state index in [-0.39, 0.29) is 5.97 Å². The number of unbranched alkanes of at least 4 members (excludes halogenated alkanes) is 8. The van der Waals surface area contributed by atoms with Crippen LogP contribution in [0.15, 0.2) is 24.3 Å². The summed E-state index contributed by atoms with van der Waals surface area (Å²) < 4.78 is 10.9. The Bertz CT molecular complexity index is 470. The van der Waals surface area contributed by atoms with Gasteiger partial charge < -0.3 is 9.47 Å². The second kappa shape index (κ2) is 15.9. The SMILES string of the molecule is CCCCCCCCCCOCCOC(=O)c1cccc(CCCC)c1. The van der Waals surface area contributed by atoms with E-state index in [4.69, 9.17) is 9.47 Å². The molecule has 3 heteroatoms. The first kappa shape index (κ1) is 22.7. The summed E-state index contributed by atoms with van der Waals surface area (Å²) >= 11 is 0. The molecule has 0 saturated carbocycles. The van der Waals surface area contributed by atoms with E-state index in [2.05, 4.69) is 19.9 Å². The second-order valence-electron chi connectivity index (χ2n) is 7.03. The molecule has 0 N–H and O–H groups in total. The molecule has 0 fully saturated rings. The first-order valence-electron chi connectivity index (χ1n) is 10.6. The number of carbonyl (C=O) groups excluding carboxylic acids is 1. The molecule has 0 aliphatic carbocycles. The smallest absolute Gasteiger partial charge is 0.338 e. The van der Waals surface area contributed by atoms with Crippen molar-refractivity contribution in [2.45, 2.75) is 84.5 Å². The third-order valence-corrected chi connectivity index (χ3v) is 4.58. The minimum absolute atomic E-state index is 0.251. The molecule has 0 aliphatic heterocycles. The van der Waals surface area contributed by atoms with Crippen LogP contribution in [0.2, 0.25) is 0 Å². The summed E-state index contributed by atoms with van der Waals surface area (Å²) in [6.07, 6.45) is 13.7. The molecular formula is C23H38O3. The molecule has 0 aliphatic rings. The third-order valence-electron chi connectivity index (χ3n) is 4.58. The van der Waals surface area contributed by atoms with Crippen molar-refractivity contribution in [1.29, 1.82) is 0 Å². The van der Waals surface area contributed by atoms with Gasteiger partial charge in [0.05, 0.1) is 12.2 Å². The van der Waals surface area contributed by atoms with Crippen LogP contribution in [0.3, 0.4) is 0 Å². The summed E-state index contributed by atoms with van der Waals surface area (Å²) in [6, 6.07) is 7.76. The summed E-state index contributed by atoms with van der Waals surface area (Å²) in [7, 11) is 0. The Morgan fingerprint density at radius 1 is 0.808 bits per heavy atom. The number of rotatable bonds is 16. The van der Waals surface area contributed by atoms with Gasteiger partial charge in [-0.2, -0.15) is 0 Å². The standard InChI is InChI=1S/C23H38O3/c1-3-5-7-8-9-10-11-12-17-25-18-19-26-23(24)22-16-13-15-21(20-22)14-6-4-2/h13,15-16,20H,3-12,14,17-19H2,1-2H3. The van der Waals surface area contributed by atoms with Crippen molar-refractivity contribution < 1.29 is 14.3 Å². The predicted octanol–water partition coefficient (Wildman–Crippen LogP) is 6.34. The molecule has 3 nitrogen and oxygen atoms in total. The average Bonchev–Trinajstić information content (AvgIpc) is 2.67. The van der Waals surface area contributed by atoms with E-state index in [0.29, 0.717) is 18.8 Å². The van der Waals surface area contributed by atoms with Crippen molar-refractivity contribution in [3.05, 3.63) is 35.4 Å². The van der Waals surface area contributed by atoms with E-state index in [1.54, 1.807) is 0 Å². The fourth-order valence-electron chi connectivity index (χ4n) is 2.95.